The number of fused-ring (bicyclic) bond motifs is 1. The minimum atomic E-state index is -6.00. The highest BCUT2D eigenvalue weighted by atomic mass is 19.5. The van der Waals surface area contributed by atoms with Crippen LogP contribution in [-0.2, 0) is 0 Å². The van der Waals surface area contributed by atoms with Crippen LogP contribution >= 0.6 is 0 Å². The Morgan fingerprint density at radius 3 is 1.62 bits per heavy atom. The van der Waals surface area contributed by atoms with E-state index in [1.54, 1.807) is 14.2 Å². The molecule has 0 amide bonds. The van der Waals surface area contributed by atoms with Gasteiger partial charge in [0.2, 0.25) is 11.4 Å². The summed E-state index contributed by atoms with van der Waals surface area (Å²) in [5.74, 6) is 1.68. The molecular weight excluding hydrogens is 481 g/mol. The number of ether oxygens (including phenoxy) is 2. The van der Waals surface area contributed by atoms with E-state index in [1.807, 2.05) is 30.3 Å². The van der Waals surface area contributed by atoms with Gasteiger partial charge in [-0.05, 0) is 48.0 Å². The third-order valence-corrected chi connectivity index (χ3v) is 5.75. The fourth-order valence-electron chi connectivity index (χ4n) is 4.16. The molecule has 0 saturated carbocycles. The summed E-state index contributed by atoms with van der Waals surface area (Å²) in [4.78, 5) is 0. The molecule has 0 atom stereocenters. The van der Waals surface area contributed by atoms with E-state index in [4.69, 9.17) is 9.47 Å². The third kappa shape index (κ3) is 6.27. The Bertz CT molecular complexity index is 1470. The lowest BCUT2D eigenvalue weighted by Crippen LogP contribution is -2.34. The van der Waals surface area contributed by atoms with E-state index in [2.05, 4.69) is 83.6 Å². The second kappa shape index (κ2) is 11.2. The van der Waals surface area contributed by atoms with Crippen LogP contribution in [-0.4, -0.2) is 21.5 Å². The number of methoxy groups -OCH3 is 2. The number of halogens is 4. The highest BCUT2D eigenvalue weighted by molar-refractivity contribution is 6.50. The van der Waals surface area contributed by atoms with Crippen LogP contribution in [0.4, 0.5) is 17.3 Å². The smallest absolute Gasteiger partial charge is 0.497 e. The summed E-state index contributed by atoms with van der Waals surface area (Å²) in [6.45, 7) is 0. The van der Waals surface area contributed by atoms with Crippen molar-refractivity contribution in [3.05, 3.63) is 109 Å². The van der Waals surface area contributed by atoms with E-state index in [1.165, 1.54) is 16.3 Å². The molecule has 0 saturated heterocycles. The van der Waals surface area contributed by atoms with Gasteiger partial charge in [0, 0.05) is 28.5 Å². The molecule has 5 rings (SSSR count). The quantitative estimate of drug-likeness (QED) is 0.138. The van der Waals surface area contributed by atoms with E-state index >= 15 is 0 Å². The highest BCUT2D eigenvalue weighted by Crippen LogP contribution is 2.37. The van der Waals surface area contributed by atoms with E-state index in [-0.39, 0.29) is 0 Å². The fourth-order valence-corrected chi connectivity index (χ4v) is 4.16. The van der Waals surface area contributed by atoms with E-state index < -0.39 is 7.25 Å². The van der Waals surface area contributed by atoms with Gasteiger partial charge in [-0.15, -0.1) is 0 Å². The molecule has 0 unspecified atom stereocenters. The van der Waals surface area contributed by atoms with Gasteiger partial charge in [0.15, 0.2) is 6.20 Å². The van der Waals surface area contributed by atoms with Crippen molar-refractivity contribution < 1.29 is 31.3 Å². The number of pyridine rings is 1. The van der Waals surface area contributed by atoms with Gasteiger partial charge in [-0.1, -0.05) is 48.5 Å². The molecule has 0 N–H and O–H groups in total. The van der Waals surface area contributed by atoms with Crippen LogP contribution in [0, 0.1) is 0 Å². The molecule has 1 aromatic heterocycles. The molecule has 37 heavy (non-hydrogen) atoms. The van der Waals surface area contributed by atoms with Crippen molar-refractivity contribution in [1.82, 2.24) is 0 Å². The number of hydrogen-bond donors (Lipinski definition) is 0. The van der Waals surface area contributed by atoms with Crippen LogP contribution in [0.5, 0.6) is 11.5 Å². The van der Waals surface area contributed by atoms with Crippen LogP contribution < -0.4 is 14.0 Å². The molecule has 188 valence electrons. The van der Waals surface area contributed by atoms with Gasteiger partial charge in [0.1, 0.15) is 11.5 Å². The topological polar surface area (TPSA) is 22.3 Å². The normalized spacial score (nSPS) is 11.0. The predicted molar refractivity (Wildman–Crippen MR) is 140 cm³/mol. The molecule has 0 aliphatic rings. The first kappa shape index (κ1) is 25.8. The summed E-state index contributed by atoms with van der Waals surface area (Å²) in [6, 6.07) is 35.6. The molecule has 4 aromatic carbocycles. The first-order valence-electron chi connectivity index (χ1n) is 11.5. The fraction of sp³-hybridized carbons (Fsp3) is 0.0690. The van der Waals surface area contributed by atoms with Gasteiger partial charge < -0.3 is 26.7 Å². The van der Waals surface area contributed by atoms with Crippen molar-refractivity contribution in [2.45, 2.75) is 0 Å². The second-order valence-electron chi connectivity index (χ2n) is 8.10. The molecule has 3 nitrogen and oxygen atoms in total. The summed E-state index contributed by atoms with van der Waals surface area (Å²) in [7, 11) is -2.61. The Kier molecular flexibility index (Phi) is 7.77. The maximum absolute atomic E-state index is 9.75. The molecule has 1 heterocycles. The molecular formula is C29H24BF4NO2. The summed E-state index contributed by atoms with van der Waals surface area (Å²) in [6.07, 6.45) is 2.22. The van der Waals surface area contributed by atoms with E-state index in [0.29, 0.717) is 0 Å². The number of para-hydroxylation sites is 1. The van der Waals surface area contributed by atoms with Crippen molar-refractivity contribution in [2.75, 3.05) is 14.2 Å². The highest BCUT2D eigenvalue weighted by Gasteiger charge is 2.25. The van der Waals surface area contributed by atoms with E-state index in [9.17, 15) is 17.3 Å². The Labute approximate surface area is 212 Å². The number of hydrogen-bond acceptors (Lipinski definition) is 2. The molecule has 0 aliphatic heterocycles. The summed E-state index contributed by atoms with van der Waals surface area (Å²) in [5.41, 5.74) is 5.67. The van der Waals surface area contributed by atoms with Gasteiger partial charge >= 0.3 is 7.25 Å². The lowest BCUT2D eigenvalue weighted by atomic mass is 9.93. The van der Waals surface area contributed by atoms with Crippen LogP contribution in [0.25, 0.3) is 38.8 Å². The van der Waals surface area contributed by atoms with Crippen LogP contribution in [0.3, 0.4) is 0 Å². The largest absolute Gasteiger partial charge is 0.673 e. The number of rotatable bonds is 5. The number of aromatic nitrogens is 1. The summed E-state index contributed by atoms with van der Waals surface area (Å²) >= 11 is 0. The molecule has 0 radical (unpaired) electrons. The van der Waals surface area contributed by atoms with Crippen LogP contribution in [0.1, 0.15) is 0 Å². The Morgan fingerprint density at radius 1 is 0.595 bits per heavy atom. The third-order valence-electron chi connectivity index (χ3n) is 5.75. The Balaban J connectivity index is 0.000000586. The molecule has 0 spiro atoms. The molecule has 0 aliphatic carbocycles. The van der Waals surface area contributed by atoms with E-state index in [0.717, 1.165) is 34.0 Å². The summed E-state index contributed by atoms with van der Waals surface area (Å²) in [5, 5.41) is 2.38. The minimum Gasteiger partial charge on any atom is -0.497 e. The lowest BCUT2D eigenvalue weighted by Gasteiger charge is -2.14. The van der Waals surface area contributed by atoms with Crippen molar-refractivity contribution in [3.63, 3.8) is 0 Å². The van der Waals surface area contributed by atoms with Gasteiger partial charge in [-0.3, -0.25) is 0 Å². The first-order valence-corrected chi connectivity index (χ1v) is 11.5. The summed E-state index contributed by atoms with van der Waals surface area (Å²) < 4.78 is 52.1. The Morgan fingerprint density at radius 2 is 1.08 bits per heavy atom. The van der Waals surface area contributed by atoms with Gasteiger partial charge in [-0.25, -0.2) is 0 Å². The molecule has 0 fully saturated rings. The van der Waals surface area contributed by atoms with Crippen molar-refractivity contribution in [3.8, 4) is 39.6 Å². The zero-order chi connectivity index (χ0) is 26.4. The zero-order valence-electron chi connectivity index (χ0n) is 20.2. The molecule has 8 heteroatoms. The standard InChI is InChI=1S/C29H24NO2.BF4/c1-31-25-16-12-21(13-17-25)28-27-11-7-6-8-23(27)20-30(24-9-4-3-5-10-24)29(28)22-14-18-26(32-2)19-15-22;2-1(3,4)5/h3-20H,1-2H3;/q+1;-1. The lowest BCUT2D eigenvalue weighted by molar-refractivity contribution is -0.581. The average molecular weight is 505 g/mol. The Hall–Kier alpha value is -4.33. The van der Waals surface area contributed by atoms with Crippen molar-refractivity contribution >= 4 is 18.0 Å². The SMILES string of the molecule is COc1ccc(-c2c(-c3ccc(OC)cc3)[n+](-c3ccccc3)cc3ccccc23)cc1.F[B-](F)(F)F. The average Bonchev–Trinajstić information content (AvgIpc) is 2.92. The first-order chi connectivity index (χ1) is 17.8. The van der Waals surface area contributed by atoms with Crippen molar-refractivity contribution in [2.24, 2.45) is 0 Å². The maximum Gasteiger partial charge on any atom is 0.673 e. The molecule has 5 aromatic rings. The monoisotopic (exact) mass is 505 g/mol. The van der Waals surface area contributed by atoms with Gasteiger partial charge in [0.25, 0.3) is 0 Å². The molecule has 0 bridgehead atoms. The van der Waals surface area contributed by atoms with Crippen LogP contribution in [0.15, 0.2) is 109 Å². The minimum absolute atomic E-state index is 0.840. The number of nitrogens with zero attached hydrogens (tertiary/aromatic N) is 1. The van der Waals surface area contributed by atoms with Gasteiger partial charge in [-0.2, -0.15) is 4.57 Å². The number of benzene rings is 4. The maximum atomic E-state index is 9.75. The van der Waals surface area contributed by atoms with Crippen molar-refractivity contribution in [1.29, 1.82) is 0 Å². The second-order valence-corrected chi connectivity index (χ2v) is 8.10. The zero-order valence-corrected chi connectivity index (χ0v) is 20.2. The van der Waals surface area contributed by atoms with Gasteiger partial charge in [0.05, 0.1) is 19.8 Å². The van der Waals surface area contributed by atoms with Crippen LogP contribution in [0.2, 0.25) is 0 Å². The predicted octanol–water partition coefficient (Wildman–Crippen LogP) is 7.77.